The summed E-state index contributed by atoms with van der Waals surface area (Å²) in [5.41, 5.74) is 4.19. The van der Waals surface area contributed by atoms with Gasteiger partial charge in [0.05, 0.1) is 24.5 Å². The Kier molecular flexibility index (Phi) is 10.2. The van der Waals surface area contributed by atoms with Crippen LogP contribution in [0.1, 0.15) is 63.9 Å². The van der Waals surface area contributed by atoms with Crippen LogP contribution in [-0.4, -0.2) is 71.4 Å². The Hall–Kier alpha value is -3.47. The van der Waals surface area contributed by atoms with Gasteiger partial charge in [-0.1, -0.05) is 55.3 Å². The van der Waals surface area contributed by atoms with E-state index in [-0.39, 0.29) is 42.8 Å². The number of phenols is 1. The van der Waals surface area contributed by atoms with Gasteiger partial charge in [0.2, 0.25) is 11.8 Å². The fraction of sp³-hybridized carbons (Fsp3) is 0.500. The van der Waals surface area contributed by atoms with Gasteiger partial charge < -0.3 is 24.6 Å². The van der Waals surface area contributed by atoms with Crippen molar-refractivity contribution in [1.29, 1.82) is 0 Å². The second-order valence-corrected chi connectivity index (χ2v) is 12.2. The third-order valence-electron chi connectivity index (χ3n) is 9.47. The number of methoxy groups -OCH3 is 1. The van der Waals surface area contributed by atoms with Gasteiger partial charge in [-0.15, -0.1) is 0 Å². The van der Waals surface area contributed by atoms with E-state index >= 15 is 0 Å². The minimum atomic E-state index is -1.04. The fourth-order valence-corrected chi connectivity index (χ4v) is 7.40. The van der Waals surface area contributed by atoms with Gasteiger partial charge >= 0.3 is 13.1 Å². The van der Waals surface area contributed by atoms with E-state index in [1.807, 2.05) is 30.3 Å². The third kappa shape index (κ3) is 6.62. The van der Waals surface area contributed by atoms with Crippen LogP contribution in [-0.2, 0) is 23.8 Å². The zero-order valence-corrected chi connectivity index (χ0v) is 25.5. The van der Waals surface area contributed by atoms with Crippen LogP contribution in [0.25, 0.3) is 16.8 Å². The molecule has 2 heterocycles. The van der Waals surface area contributed by atoms with E-state index in [2.05, 4.69) is 13.0 Å². The van der Waals surface area contributed by atoms with Crippen LogP contribution in [0.3, 0.4) is 0 Å². The Morgan fingerprint density at radius 3 is 2.57 bits per heavy atom. The van der Waals surface area contributed by atoms with Crippen molar-refractivity contribution in [1.82, 2.24) is 4.90 Å². The number of fused-ring (bicyclic) bond motifs is 4. The molecule has 2 fully saturated rings. The lowest BCUT2D eigenvalue weighted by Crippen LogP contribution is -2.46. The molecule has 0 bridgehead atoms. The molecule has 0 unspecified atom stereocenters. The first kappa shape index (κ1) is 31.9. The molecular formula is C34H42BNO8. The van der Waals surface area contributed by atoms with Crippen molar-refractivity contribution in [3.63, 3.8) is 0 Å². The maximum atomic E-state index is 13.7. The van der Waals surface area contributed by atoms with Crippen LogP contribution in [0.2, 0.25) is 6.32 Å². The molecule has 2 aromatic carbocycles. The van der Waals surface area contributed by atoms with Crippen molar-refractivity contribution in [2.45, 2.75) is 70.7 Å². The molecule has 0 radical (unpaired) electrons. The molecule has 0 aromatic heterocycles. The number of unbranched alkanes of at least 4 members (excludes halogenated alkanes) is 2. The average molecular weight is 604 g/mol. The largest absolute Gasteiger partial charge is 0.507 e. The number of nitrogens with zero attached hydrogens (tertiary/aromatic N) is 1. The van der Waals surface area contributed by atoms with Crippen molar-refractivity contribution >= 4 is 41.8 Å². The summed E-state index contributed by atoms with van der Waals surface area (Å²) in [5.74, 6) is -2.31. The topological polar surface area (TPSA) is 134 Å². The minimum Gasteiger partial charge on any atom is -0.507 e. The number of aromatic hydroxyl groups is 1. The number of benzene rings is 2. The van der Waals surface area contributed by atoms with Crippen LogP contribution in [0.4, 0.5) is 0 Å². The molecule has 5 rings (SSSR count). The quantitative estimate of drug-likeness (QED) is 0.123. The second-order valence-electron chi connectivity index (χ2n) is 12.2. The van der Waals surface area contributed by atoms with Crippen molar-refractivity contribution < 1.29 is 39.0 Å². The van der Waals surface area contributed by atoms with E-state index in [1.54, 1.807) is 13.2 Å². The van der Waals surface area contributed by atoms with Crippen LogP contribution >= 0.6 is 0 Å². The summed E-state index contributed by atoms with van der Waals surface area (Å²) in [6.45, 7) is 2.72. The Morgan fingerprint density at radius 2 is 1.84 bits per heavy atom. The van der Waals surface area contributed by atoms with Gasteiger partial charge in [0.15, 0.2) is 0 Å². The molecule has 2 saturated heterocycles. The Labute approximate surface area is 258 Å². The maximum absolute atomic E-state index is 13.7. The number of ether oxygens (including phenoxy) is 1. The predicted molar refractivity (Wildman–Crippen MR) is 168 cm³/mol. The van der Waals surface area contributed by atoms with E-state index < -0.39 is 31.0 Å². The summed E-state index contributed by atoms with van der Waals surface area (Å²) >= 11 is 0. The average Bonchev–Trinajstić information content (AvgIpc) is 3.24. The number of imide groups is 1. The van der Waals surface area contributed by atoms with Gasteiger partial charge in [-0.3, -0.25) is 19.3 Å². The summed E-state index contributed by atoms with van der Waals surface area (Å²) in [6.07, 6.45) is 6.34. The lowest BCUT2D eigenvalue weighted by atomic mass is 9.58. The predicted octanol–water partition coefficient (Wildman–Crippen LogP) is 5.21. The van der Waals surface area contributed by atoms with E-state index in [9.17, 15) is 24.5 Å². The standard InChI is InChI=1S/C34H42BNO8/c1-3-21(17-22-13-14-28(37)25-10-7-6-9-24(22)25)12-15-29-31-23(20-43-2)18-26-32(27(31)19-35(42)44-29)34(41)36(33(26)40)16-8-4-5-11-30(38)39/h6-7,9-10,13-14,17,26-27,29,32,37,42H,3-5,8,11-12,15-16,18-20H2,1-2H3,(H,38,39)/b21-17+/t26-,27+,29-,32-/m1/s1. The number of rotatable bonds is 13. The number of carbonyl (C=O) groups is 3. The Morgan fingerprint density at radius 1 is 1.07 bits per heavy atom. The molecule has 10 heteroatoms. The highest BCUT2D eigenvalue weighted by atomic mass is 16.5. The van der Waals surface area contributed by atoms with Crippen LogP contribution in [0.15, 0.2) is 53.1 Å². The molecule has 2 aliphatic heterocycles. The zero-order chi connectivity index (χ0) is 31.4. The van der Waals surface area contributed by atoms with Gasteiger partial charge in [0.25, 0.3) is 0 Å². The number of phenolic OH excluding ortho intramolecular Hbond substituents is 1. The molecule has 2 amide bonds. The minimum absolute atomic E-state index is 0.0720. The van der Waals surface area contributed by atoms with Crippen LogP contribution in [0, 0.1) is 17.8 Å². The Balaban J connectivity index is 1.36. The highest BCUT2D eigenvalue weighted by molar-refractivity contribution is 6.43. The summed E-state index contributed by atoms with van der Waals surface area (Å²) in [6, 6.07) is 11.4. The summed E-state index contributed by atoms with van der Waals surface area (Å²) < 4.78 is 11.7. The highest BCUT2D eigenvalue weighted by Gasteiger charge is 2.57. The first-order valence-electron chi connectivity index (χ1n) is 15.7. The summed E-state index contributed by atoms with van der Waals surface area (Å²) in [7, 11) is 0.576. The molecular weight excluding hydrogens is 561 g/mol. The molecule has 0 spiro atoms. The molecule has 4 atom stereocenters. The molecule has 0 saturated carbocycles. The van der Waals surface area contributed by atoms with E-state index in [1.165, 1.54) is 10.5 Å². The van der Waals surface area contributed by atoms with Gasteiger partial charge in [0.1, 0.15) is 5.75 Å². The van der Waals surface area contributed by atoms with Gasteiger partial charge in [-0.05, 0) is 78.9 Å². The smallest absolute Gasteiger partial charge is 0.455 e. The number of hydrogen-bond donors (Lipinski definition) is 3. The van der Waals surface area contributed by atoms with Crippen molar-refractivity contribution in [3.05, 3.63) is 58.7 Å². The fourth-order valence-electron chi connectivity index (χ4n) is 7.40. The van der Waals surface area contributed by atoms with Gasteiger partial charge in [0, 0.05) is 25.5 Å². The lowest BCUT2D eigenvalue weighted by Gasteiger charge is -2.43. The van der Waals surface area contributed by atoms with Gasteiger partial charge in [-0.2, -0.15) is 0 Å². The van der Waals surface area contributed by atoms with E-state index in [4.69, 9.17) is 14.5 Å². The zero-order valence-electron chi connectivity index (χ0n) is 25.5. The number of carboxylic acids is 1. The molecule has 3 aliphatic rings. The molecule has 3 N–H and O–H groups in total. The first-order valence-corrected chi connectivity index (χ1v) is 15.7. The number of carbonyl (C=O) groups excluding carboxylic acids is 2. The number of allylic oxidation sites excluding steroid dienone is 1. The lowest BCUT2D eigenvalue weighted by molar-refractivity contribution is -0.141. The normalized spacial score (nSPS) is 23.8. The first-order chi connectivity index (χ1) is 21.2. The molecule has 1 aliphatic carbocycles. The van der Waals surface area contributed by atoms with Crippen LogP contribution in [0.5, 0.6) is 5.75 Å². The molecule has 44 heavy (non-hydrogen) atoms. The monoisotopic (exact) mass is 603 g/mol. The second kappa shape index (κ2) is 14.1. The van der Waals surface area contributed by atoms with Crippen molar-refractivity contribution in [3.8, 4) is 5.75 Å². The molecule has 2 aromatic rings. The SMILES string of the molecule is CC/C(=C\c1ccc(O)c2ccccc12)CC[C@H]1OB(O)C[C@H]2C1=C(COC)C[C@H]1C(=O)N(CCCCCC(=O)O)C(=O)[C@H]12. The number of amides is 2. The number of hydrogen-bond acceptors (Lipinski definition) is 7. The van der Waals surface area contributed by atoms with Gasteiger partial charge in [-0.25, -0.2) is 0 Å². The maximum Gasteiger partial charge on any atom is 0.455 e. The Bertz CT molecular complexity index is 1470. The van der Waals surface area contributed by atoms with E-state index in [0.29, 0.717) is 45.1 Å². The number of carboxylic acid groups (broad SMARTS) is 1. The van der Waals surface area contributed by atoms with E-state index in [0.717, 1.165) is 33.9 Å². The highest BCUT2D eigenvalue weighted by Crippen LogP contribution is 2.50. The summed E-state index contributed by atoms with van der Waals surface area (Å²) in [5, 5.41) is 31.8. The van der Waals surface area contributed by atoms with Crippen molar-refractivity contribution in [2.75, 3.05) is 20.3 Å². The molecule has 234 valence electrons. The summed E-state index contributed by atoms with van der Waals surface area (Å²) in [4.78, 5) is 39.4. The third-order valence-corrected chi connectivity index (χ3v) is 9.47. The number of likely N-dealkylation sites (tertiary alicyclic amines) is 1. The van der Waals surface area contributed by atoms with Crippen LogP contribution < -0.4 is 0 Å². The van der Waals surface area contributed by atoms with Crippen molar-refractivity contribution in [2.24, 2.45) is 17.8 Å². The number of aliphatic carboxylic acids is 1. The molecule has 9 nitrogen and oxygen atoms in total.